The van der Waals surface area contributed by atoms with Gasteiger partial charge in [-0.15, -0.1) is 0 Å². The van der Waals surface area contributed by atoms with E-state index in [-0.39, 0.29) is 12.2 Å². The molecule has 1 aromatic heterocycles. The summed E-state index contributed by atoms with van der Waals surface area (Å²) in [6.07, 6.45) is -1.29. The SMILES string of the molecule is NC(=O)N(Cc1cccc(-c2cn[nH]c2)c1)c1ccc(Cl)c(C(F)(F)F)c1. The first-order chi connectivity index (χ1) is 12.8. The van der Waals surface area contributed by atoms with Gasteiger partial charge in [0.05, 0.1) is 23.3 Å². The fourth-order valence-electron chi connectivity index (χ4n) is 2.64. The number of amides is 2. The standard InChI is InChI=1S/C18H14ClF3N4O/c19-16-5-4-14(7-15(16)18(20,21)22)26(17(23)27)10-11-2-1-3-12(6-11)13-8-24-25-9-13/h1-9H,10H2,(H2,23,27)(H,24,25). The van der Waals surface area contributed by atoms with E-state index in [1.165, 1.54) is 6.07 Å². The van der Waals surface area contributed by atoms with E-state index < -0.39 is 22.8 Å². The second-order valence-electron chi connectivity index (χ2n) is 5.77. The maximum atomic E-state index is 13.1. The molecule has 0 aliphatic carbocycles. The van der Waals surface area contributed by atoms with Crippen molar-refractivity contribution in [3.05, 3.63) is 71.0 Å². The lowest BCUT2D eigenvalue weighted by Gasteiger charge is -2.22. The van der Waals surface area contributed by atoms with E-state index in [0.29, 0.717) is 5.56 Å². The van der Waals surface area contributed by atoms with Gasteiger partial charge in [-0.2, -0.15) is 18.3 Å². The molecule has 9 heteroatoms. The number of aromatic amines is 1. The summed E-state index contributed by atoms with van der Waals surface area (Å²) in [6.45, 7) is -0.0000454. The third kappa shape index (κ3) is 4.22. The van der Waals surface area contributed by atoms with Crippen LogP contribution in [0.25, 0.3) is 11.1 Å². The topological polar surface area (TPSA) is 75.0 Å². The molecule has 27 heavy (non-hydrogen) atoms. The summed E-state index contributed by atoms with van der Waals surface area (Å²) < 4.78 is 39.3. The number of rotatable bonds is 4. The van der Waals surface area contributed by atoms with Gasteiger partial charge in [0.2, 0.25) is 0 Å². The molecule has 0 spiro atoms. The number of nitrogens with one attached hydrogen (secondary N) is 1. The lowest BCUT2D eigenvalue weighted by atomic mass is 10.1. The van der Waals surface area contributed by atoms with Crippen molar-refractivity contribution in [3.63, 3.8) is 0 Å². The van der Waals surface area contributed by atoms with Crippen molar-refractivity contribution < 1.29 is 18.0 Å². The third-order valence-electron chi connectivity index (χ3n) is 3.93. The first kappa shape index (κ1) is 18.8. The van der Waals surface area contributed by atoms with Crippen molar-refractivity contribution in [2.24, 2.45) is 5.73 Å². The summed E-state index contributed by atoms with van der Waals surface area (Å²) >= 11 is 5.64. The monoisotopic (exact) mass is 394 g/mol. The lowest BCUT2D eigenvalue weighted by molar-refractivity contribution is -0.137. The number of benzene rings is 2. The molecule has 0 atom stereocenters. The minimum Gasteiger partial charge on any atom is -0.351 e. The van der Waals surface area contributed by atoms with Crippen molar-refractivity contribution in [3.8, 4) is 11.1 Å². The Bertz CT molecular complexity index is 957. The molecule has 1 heterocycles. The number of carbonyl (C=O) groups excluding carboxylic acids is 1. The highest BCUT2D eigenvalue weighted by Gasteiger charge is 2.34. The summed E-state index contributed by atoms with van der Waals surface area (Å²) in [4.78, 5) is 12.9. The predicted molar refractivity (Wildman–Crippen MR) is 96.2 cm³/mol. The van der Waals surface area contributed by atoms with Crippen LogP contribution >= 0.6 is 11.6 Å². The zero-order valence-corrected chi connectivity index (χ0v) is 14.6. The van der Waals surface area contributed by atoms with Crippen LogP contribution in [-0.2, 0) is 12.7 Å². The van der Waals surface area contributed by atoms with E-state index in [1.54, 1.807) is 30.6 Å². The molecule has 0 saturated heterocycles. The lowest BCUT2D eigenvalue weighted by Crippen LogP contribution is -2.35. The average Bonchev–Trinajstić information content (AvgIpc) is 3.14. The van der Waals surface area contributed by atoms with E-state index in [0.717, 1.165) is 28.2 Å². The summed E-state index contributed by atoms with van der Waals surface area (Å²) in [5.41, 5.74) is 6.76. The fourth-order valence-corrected chi connectivity index (χ4v) is 2.86. The van der Waals surface area contributed by atoms with Gasteiger partial charge in [-0.25, -0.2) is 4.79 Å². The van der Waals surface area contributed by atoms with E-state index in [2.05, 4.69) is 10.2 Å². The number of hydrogen-bond acceptors (Lipinski definition) is 2. The molecule has 0 bridgehead atoms. The van der Waals surface area contributed by atoms with Gasteiger partial charge in [0.25, 0.3) is 0 Å². The Labute approximate surface area is 157 Å². The van der Waals surface area contributed by atoms with E-state index in [9.17, 15) is 18.0 Å². The highest BCUT2D eigenvalue weighted by Crippen LogP contribution is 2.37. The number of urea groups is 1. The van der Waals surface area contributed by atoms with Crippen LogP contribution in [0.4, 0.5) is 23.7 Å². The van der Waals surface area contributed by atoms with Gasteiger partial charge in [-0.1, -0.05) is 29.8 Å². The molecule has 5 nitrogen and oxygen atoms in total. The predicted octanol–water partition coefficient (Wildman–Crippen LogP) is 4.83. The third-order valence-corrected chi connectivity index (χ3v) is 4.26. The van der Waals surface area contributed by atoms with Crippen molar-refractivity contribution >= 4 is 23.3 Å². The number of alkyl halides is 3. The molecule has 3 aromatic rings. The van der Waals surface area contributed by atoms with Crippen LogP contribution in [0.15, 0.2) is 54.9 Å². The number of nitrogens with zero attached hydrogens (tertiary/aromatic N) is 2. The van der Waals surface area contributed by atoms with Gasteiger partial charge >= 0.3 is 12.2 Å². The van der Waals surface area contributed by atoms with Crippen molar-refractivity contribution in [2.75, 3.05) is 4.90 Å². The number of halogens is 4. The second-order valence-corrected chi connectivity index (χ2v) is 6.18. The minimum atomic E-state index is -4.64. The molecule has 0 fully saturated rings. The Morgan fingerprint density at radius 3 is 2.59 bits per heavy atom. The molecule has 0 unspecified atom stereocenters. The van der Waals surface area contributed by atoms with Crippen molar-refractivity contribution in [2.45, 2.75) is 12.7 Å². The first-order valence-electron chi connectivity index (χ1n) is 7.77. The summed E-state index contributed by atoms with van der Waals surface area (Å²) in [5.74, 6) is 0. The number of H-pyrrole nitrogens is 1. The quantitative estimate of drug-likeness (QED) is 0.664. The molecular formula is C18H14ClF3N4O. The van der Waals surface area contributed by atoms with Gasteiger partial charge in [-0.3, -0.25) is 10.00 Å². The van der Waals surface area contributed by atoms with E-state index in [1.807, 2.05) is 6.07 Å². The number of hydrogen-bond donors (Lipinski definition) is 2. The highest BCUT2D eigenvalue weighted by atomic mass is 35.5. The van der Waals surface area contributed by atoms with Gasteiger partial charge in [0.1, 0.15) is 0 Å². The number of primary amides is 1. The molecule has 3 rings (SSSR count). The van der Waals surface area contributed by atoms with Crippen LogP contribution in [0.3, 0.4) is 0 Å². The minimum absolute atomic E-state index is 0.0000454. The second kappa shape index (κ2) is 7.32. The first-order valence-corrected chi connectivity index (χ1v) is 8.15. The van der Waals surface area contributed by atoms with Crippen LogP contribution in [0.5, 0.6) is 0 Å². The van der Waals surface area contributed by atoms with E-state index >= 15 is 0 Å². The molecule has 3 N–H and O–H groups in total. The number of aromatic nitrogens is 2. The Hall–Kier alpha value is -3.00. The largest absolute Gasteiger partial charge is 0.417 e. The molecule has 0 aliphatic rings. The van der Waals surface area contributed by atoms with Crippen LogP contribution < -0.4 is 10.6 Å². The van der Waals surface area contributed by atoms with Crippen molar-refractivity contribution in [1.82, 2.24) is 10.2 Å². The number of nitrogens with two attached hydrogens (primary N) is 1. The molecule has 140 valence electrons. The molecule has 0 aliphatic heterocycles. The Morgan fingerprint density at radius 1 is 1.19 bits per heavy atom. The Kier molecular flexibility index (Phi) is 5.09. The van der Waals surface area contributed by atoms with Crippen LogP contribution in [0.2, 0.25) is 5.02 Å². The molecule has 2 aromatic carbocycles. The molecule has 0 saturated carbocycles. The molecule has 2 amide bonds. The van der Waals surface area contributed by atoms with Crippen LogP contribution in [0, 0.1) is 0 Å². The van der Waals surface area contributed by atoms with Gasteiger partial charge in [-0.05, 0) is 35.4 Å². The average molecular weight is 395 g/mol. The van der Waals surface area contributed by atoms with Crippen molar-refractivity contribution in [1.29, 1.82) is 0 Å². The Balaban J connectivity index is 1.94. The summed E-state index contributed by atoms with van der Waals surface area (Å²) in [5, 5.41) is 6.14. The number of anilines is 1. The van der Waals surface area contributed by atoms with Gasteiger partial charge in [0, 0.05) is 17.4 Å². The normalized spacial score (nSPS) is 11.4. The molecule has 0 radical (unpaired) electrons. The maximum Gasteiger partial charge on any atom is 0.417 e. The fraction of sp³-hybridized carbons (Fsp3) is 0.111. The van der Waals surface area contributed by atoms with Crippen LogP contribution in [0.1, 0.15) is 11.1 Å². The van der Waals surface area contributed by atoms with Gasteiger partial charge in [0.15, 0.2) is 0 Å². The zero-order chi connectivity index (χ0) is 19.6. The zero-order valence-electron chi connectivity index (χ0n) is 13.8. The van der Waals surface area contributed by atoms with E-state index in [4.69, 9.17) is 17.3 Å². The Morgan fingerprint density at radius 2 is 1.96 bits per heavy atom. The van der Waals surface area contributed by atoms with Gasteiger partial charge < -0.3 is 5.73 Å². The summed E-state index contributed by atoms with van der Waals surface area (Å²) in [6, 6.07) is 9.54. The molecular weight excluding hydrogens is 381 g/mol. The smallest absolute Gasteiger partial charge is 0.351 e. The maximum absolute atomic E-state index is 13.1. The van der Waals surface area contributed by atoms with Crippen LogP contribution in [-0.4, -0.2) is 16.2 Å². The number of carbonyl (C=O) groups is 1. The summed E-state index contributed by atoms with van der Waals surface area (Å²) in [7, 11) is 0. The highest BCUT2D eigenvalue weighted by molar-refractivity contribution is 6.31.